The molecule has 0 bridgehead atoms. The maximum atomic E-state index is 4.76. The largest absolute Gasteiger partial charge is 0.441 e. The first-order chi connectivity index (χ1) is 15.4. The number of fused-ring (bicyclic) bond motifs is 2. The Bertz CT molecular complexity index is 1430. The van der Waals surface area contributed by atoms with Crippen LogP contribution in [0.15, 0.2) is 110 Å². The summed E-state index contributed by atoms with van der Waals surface area (Å²) in [5, 5.41) is 3.57. The third kappa shape index (κ3) is 4.65. The zero-order valence-electron chi connectivity index (χ0n) is 17.0. The number of para-hydroxylation sites is 1. The van der Waals surface area contributed by atoms with E-state index in [0.717, 1.165) is 27.9 Å². The first kappa shape index (κ1) is 21.6. The number of rotatable bonds is 2. The van der Waals surface area contributed by atoms with E-state index in [0.29, 0.717) is 5.82 Å². The minimum atomic E-state index is 0. The Hall–Kier alpha value is -3.66. The van der Waals surface area contributed by atoms with E-state index in [9.17, 15) is 0 Å². The third-order valence-electron chi connectivity index (χ3n) is 4.93. The first-order valence-corrected chi connectivity index (χ1v) is 9.99. The second-order valence-electron chi connectivity index (χ2n) is 6.92. The van der Waals surface area contributed by atoms with Crippen molar-refractivity contribution < 1.29 is 20.1 Å². The predicted molar refractivity (Wildman–Crippen MR) is 124 cm³/mol. The average Bonchev–Trinajstić information content (AvgIpc) is 3.40. The minimum absolute atomic E-state index is 0. The van der Waals surface area contributed by atoms with Crippen LogP contribution in [0.4, 0.5) is 0 Å². The van der Waals surface area contributed by atoms with Crippen molar-refractivity contribution in [3.8, 4) is 22.8 Å². The normalized spacial score (nSPS) is 10.2. The van der Waals surface area contributed by atoms with Gasteiger partial charge in [-0.25, -0.2) is 0 Å². The van der Waals surface area contributed by atoms with Crippen molar-refractivity contribution in [3.05, 3.63) is 116 Å². The summed E-state index contributed by atoms with van der Waals surface area (Å²) in [6, 6.07) is 33.8. The van der Waals surface area contributed by atoms with Crippen LogP contribution < -0.4 is 4.98 Å². The summed E-state index contributed by atoms with van der Waals surface area (Å²) in [4.78, 5) is 16.9. The topological polar surface area (TPSA) is 52.8 Å². The van der Waals surface area contributed by atoms with Gasteiger partial charge < -0.3 is 9.97 Å². The molecule has 3 heterocycles. The Morgan fingerprint density at radius 1 is 0.656 bits per heavy atom. The number of benzene rings is 3. The van der Waals surface area contributed by atoms with Gasteiger partial charge in [0.2, 0.25) is 0 Å². The second-order valence-corrected chi connectivity index (χ2v) is 6.92. The van der Waals surface area contributed by atoms with Crippen molar-refractivity contribution in [3.63, 3.8) is 0 Å². The summed E-state index contributed by atoms with van der Waals surface area (Å²) >= 11 is 0. The third-order valence-corrected chi connectivity index (χ3v) is 4.93. The van der Waals surface area contributed by atoms with Gasteiger partial charge in [-0.15, -0.1) is 29.1 Å². The first-order valence-electron chi connectivity index (χ1n) is 9.99. The molecule has 0 amide bonds. The van der Waals surface area contributed by atoms with Crippen LogP contribution in [0.2, 0.25) is 0 Å². The maximum Gasteiger partial charge on any atom is 0.0620 e. The van der Waals surface area contributed by atoms with E-state index < -0.39 is 0 Å². The smallest absolute Gasteiger partial charge is 0.0620 e. The molecule has 0 aliphatic carbocycles. The van der Waals surface area contributed by atoms with Crippen molar-refractivity contribution in [1.82, 2.24) is 19.9 Å². The van der Waals surface area contributed by atoms with Gasteiger partial charge in [-0.2, -0.15) is 0 Å². The van der Waals surface area contributed by atoms with Gasteiger partial charge in [-0.3, -0.25) is 9.97 Å². The van der Waals surface area contributed by atoms with E-state index in [1.807, 2.05) is 42.5 Å². The molecule has 0 fully saturated rings. The number of aromatic nitrogens is 4. The van der Waals surface area contributed by atoms with Gasteiger partial charge in [0.15, 0.2) is 0 Å². The molecule has 0 aliphatic rings. The molecule has 3 aromatic carbocycles. The molecule has 0 atom stereocenters. The van der Waals surface area contributed by atoms with Crippen molar-refractivity contribution in [1.29, 1.82) is 0 Å². The molecule has 1 radical (unpaired) electrons. The van der Waals surface area contributed by atoms with Crippen LogP contribution in [0.3, 0.4) is 0 Å². The molecule has 0 spiro atoms. The molecule has 4 nitrogen and oxygen atoms in total. The van der Waals surface area contributed by atoms with Crippen molar-refractivity contribution in [2.24, 2.45) is 0 Å². The summed E-state index contributed by atoms with van der Waals surface area (Å²) in [7, 11) is 0. The summed E-state index contributed by atoms with van der Waals surface area (Å²) in [5.41, 5.74) is 3.87. The maximum absolute atomic E-state index is 4.76. The van der Waals surface area contributed by atoms with Crippen molar-refractivity contribution in [2.75, 3.05) is 0 Å². The molecule has 0 saturated heterocycles. The van der Waals surface area contributed by atoms with Gasteiger partial charge in [0, 0.05) is 26.3 Å². The molecule has 5 heteroatoms. The number of hydrogen-bond donors (Lipinski definition) is 0. The molecule has 0 saturated carbocycles. The Kier molecular flexibility index (Phi) is 6.81. The average molecular weight is 591 g/mol. The van der Waals surface area contributed by atoms with E-state index in [-0.39, 0.29) is 20.1 Å². The number of pyridine rings is 2. The zero-order valence-corrected chi connectivity index (χ0v) is 19.4. The molecule has 0 unspecified atom stereocenters. The Morgan fingerprint density at radius 2 is 1.47 bits per heavy atom. The summed E-state index contributed by atoms with van der Waals surface area (Å²) < 4.78 is 0. The number of hydrogen-bond acceptors (Lipinski definition) is 3. The van der Waals surface area contributed by atoms with Gasteiger partial charge in [-0.05, 0) is 35.1 Å². The fourth-order valence-electron chi connectivity index (χ4n) is 3.45. The van der Waals surface area contributed by atoms with E-state index >= 15 is 0 Å². The number of imidazole rings is 1. The van der Waals surface area contributed by atoms with Crippen molar-refractivity contribution >= 4 is 21.7 Å². The standard InChI is InChI=1S/C19H12N.C8H6N3.Ir/c1-3-9-16-14(6-1)8-5-10-17(16)19-13-12-15-7-2-4-11-18(15)20-19;1-2-4-9-7(3-1)8-10-5-6-11-8;/h1-9,11-13H;1-6H;/q2*-1;. The molecular weight excluding hydrogens is 573 g/mol. The quantitative estimate of drug-likeness (QED) is 0.234. The van der Waals surface area contributed by atoms with Crippen LogP contribution >= 0.6 is 0 Å². The van der Waals surface area contributed by atoms with Gasteiger partial charge in [-0.1, -0.05) is 78.4 Å². The second kappa shape index (κ2) is 10.1. The van der Waals surface area contributed by atoms with E-state index in [1.54, 1.807) is 18.6 Å². The molecular formula is C27H18IrN4-2. The molecule has 6 rings (SSSR count). The van der Waals surface area contributed by atoms with Crippen LogP contribution in [0.1, 0.15) is 0 Å². The molecule has 3 aromatic heterocycles. The van der Waals surface area contributed by atoms with Gasteiger partial charge in [0.05, 0.1) is 11.2 Å². The van der Waals surface area contributed by atoms with Gasteiger partial charge >= 0.3 is 0 Å². The van der Waals surface area contributed by atoms with Crippen LogP contribution in [-0.2, 0) is 20.1 Å². The van der Waals surface area contributed by atoms with Gasteiger partial charge in [0.25, 0.3) is 0 Å². The monoisotopic (exact) mass is 591 g/mol. The molecule has 157 valence electrons. The molecule has 32 heavy (non-hydrogen) atoms. The van der Waals surface area contributed by atoms with E-state index in [4.69, 9.17) is 4.98 Å². The summed E-state index contributed by atoms with van der Waals surface area (Å²) in [6.45, 7) is 0. The Morgan fingerprint density at radius 3 is 2.28 bits per heavy atom. The summed E-state index contributed by atoms with van der Waals surface area (Å²) in [5.74, 6) is 0.686. The fraction of sp³-hybridized carbons (Fsp3) is 0. The van der Waals surface area contributed by atoms with Crippen LogP contribution in [0.25, 0.3) is 44.5 Å². The predicted octanol–water partition coefficient (Wildman–Crippen LogP) is 5.95. The summed E-state index contributed by atoms with van der Waals surface area (Å²) in [6.07, 6.45) is 5.04. The fourth-order valence-corrected chi connectivity index (χ4v) is 3.45. The molecule has 6 aromatic rings. The minimum Gasteiger partial charge on any atom is -0.441 e. The van der Waals surface area contributed by atoms with Crippen LogP contribution in [0.5, 0.6) is 0 Å². The van der Waals surface area contributed by atoms with E-state index in [2.05, 4.69) is 69.5 Å². The SMILES string of the molecule is [Ir].[c-]1ccc2ccccc2c1-c1ccc2ccccc2n1.c1ccc(-c2ncc[n-]2)nc1. The van der Waals surface area contributed by atoms with Crippen LogP contribution in [0, 0.1) is 6.07 Å². The van der Waals surface area contributed by atoms with E-state index in [1.165, 1.54) is 10.8 Å². The molecule has 0 aliphatic heterocycles. The van der Waals surface area contributed by atoms with Crippen LogP contribution in [-0.4, -0.2) is 15.0 Å². The Balaban J connectivity index is 0.000000174. The molecule has 0 N–H and O–H groups in total. The Labute approximate surface area is 199 Å². The van der Waals surface area contributed by atoms with Crippen molar-refractivity contribution in [2.45, 2.75) is 0 Å². The van der Waals surface area contributed by atoms with Gasteiger partial charge in [0.1, 0.15) is 0 Å². The number of nitrogens with zero attached hydrogens (tertiary/aromatic N) is 4. The zero-order chi connectivity index (χ0) is 20.9.